The first-order valence-electron chi connectivity index (χ1n) is 8.45. The van der Waals surface area contributed by atoms with Crippen LogP contribution in [-0.4, -0.2) is 49.2 Å². The zero-order valence-electron chi connectivity index (χ0n) is 15.7. The quantitative estimate of drug-likeness (QED) is 0.509. The molecule has 0 aliphatic rings. The van der Waals surface area contributed by atoms with Crippen molar-refractivity contribution in [1.29, 1.82) is 0 Å². The highest BCUT2D eigenvalue weighted by atomic mass is 32.2. The van der Waals surface area contributed by atoms with Crippen LogP contribution in [0.5, 0.6) is 5.75 Å². The Morgan fingerprint density at radius 1 is 1.04 bits per heavy atom. The molecule has 2 rings (SSSR count). The van der Waals surface area contributed by atoms with E-state index in [1.807, 2.05) is 30.5 Å². The van der Waals surface area contributed by atoms with Crippen molar-refractivity contribution < 1.29 is 23.9 Å². The Morgan fingerprint density at radius 2 is 1.71 bits per heavy atom. The molecule has 28 heavy (non-hydrogen) atoms. The first-order chi connectivity index (χ1) is 13.4. The molecule has 148 valence electrons. The number of rotatable bonds is 9. The summed E-state index contributed by atoms with van der Waals surface area (Å²) in [5.41, 5.74) is 6.39. The van der Waals surface area contributed by atoms with Crippen LogP contribution in [0, 0.1) is 0 Å². The molecule has 0 aliphatic carbocycles. The molecule has 0 fully saturated rings. The van der Waals surface area contributed by atoms with Crippen LogP contribution in [0.15, 0.2) is 53.4 Å². The third-order valence-electron chi connectivity index (χ3n) is 3.86. The van der Waals surface area contributed by atoms with Crippen molar-refractivity contribution in [3.8, 4) is 5.75 Å². The minimum absolute atomic E-state index is 0.165. The SMILES string of the molecule is CSc1ccc(CN(C)C(=O)COC(=O)COc2ccccc2C(N)=O)cc1. The van der Waals surface area contributed by atoms with Crippen molar-refractivity contribution in [1.82, 2.24) is 4.90 Å². The van der Waals surface area contributed by atoms with Crippen molar-refractivity contribution in [2.45, 2.75) is 11.4 Å². The monoisotopic (exact) mass is 402 g/mol. The number of thioether (sulfide) groups is 1. The van der Waals surface area contributed by atoms with Gasteiger partial charge in [0.15, 0.2) is 13.2 Å². The summed E-state index contributed by atoms with van der Waals surface area (Å²) >= 11 is 1.64. The van der Waals surface area contributed by atoms with E-state index in [4.69, 9.17) is 15.2 Å². The van der Waals surface area contributed by atoms with Crippen LogP contribution in [0.4, 0.5) is 0 Å². The third-order valence-corrected chi connectivity index (χ3v) is 4.60. The summed E-state index contributed by atoms with van der Waals surface area (Å²) in [4.78, 5) is 37.9. The molecule has 2 aromatic carbocycles. The average molecular weight is 402 g/mol. The zero-order valence-corrected chi connectivity index (χ0v) is 16.5. The van der Waals surface area contributed by atoms with E-state index in [1.54, 1.807) is 30.9 Å². The number of carbonyl (C=O) groups is 3. The number of primary amides is 1. The fourth-order valence-corrected chi connectivity index (χ4v) is 2.73. The molecular weight excluding hydrogens is 380 g/mol. The summed E-state index contributed by atoms with van der Waals surface area (Å²) in [6.45, 7) is -0.413. The second-order valence-electron chi connectivity index (χ2n) is 5.91. The van der Waals surface area contributed by atoms with Crippen molar-refractivity contribution in [2.75, 3.05) is 26.5 Å². The van der Waals surface area contributed by atoms with Gasteiger partial charge in [0, 0.05) is 18.5 Å². The van der Waals surface area contributed by atoms with Crippen molar-refractivity contribution in [3.63, 3.8) is 0 Å². The highest BCUT2D eigenvalue weighted by Crippen LogP contribution is 2.17. The van der Waals surface area contributed by atoms with Crippen molar-refractivity contribution in [3.05, 3.63) is 59.7 Å². The van der Waals surface area contributed by atoms with Crippen LogP contribution in [-0.2, 0) is 20.9 Å². The third kappa shape index (κ3) is 6.31. The van der Waals surface area contributed by atoms with E-state index < -0.39 is 18.5 Å². The molecule has 0 saturated carbocycles. The van der Waals surface area contributed by atoms with E-state index in [0.29, 0.717) is 6.54 Å². The molecule has 0 saturated heterocycles. The summed E-state index contributed by atoms with van der Waals surface area (Å²) in [6.07, 6.45) is 2.00. The number of nitrogens with zero attached hydrogens (tertiary/aromatic N) is 1. The van der Waals surface area contributed by atoms with Gasteiger partial charge in [-0.1, -0.05) is 24.3 Å². The average Bonchev–Trinajstić information content (AvgIpc) is 2.71. The Bertz CT molecular complexity index is 839. The molecule has 7 nitrogen and oxygen atoms in total. The largest absolute Gasteiger partial charge is 0.481 e. The summed E-state index contributed by atoms with van der Waals surface area (Å²) < 4.78 is 10.2. The van der Waals surface area contributed by atoms with E-state index in [-0.39, 0.29) is 23.8 Å². The smallest absolute Gasteiger partial charge is 0.344 e. The van der Waals surface area contributed by atoms with Gasteiger partial charge < -0.3 is 20.1 Å². The number of nitrogens with two attached hydrogens (primary N) is 1. The summed E-state index contributed by atoms with van der Waals surface area (Å²) in [5.74, 6) is -1.53. The van der Waals surface area contributed by atoms with Crippen LogP contribution in [0.25, 0.3) is 0 Å². The minimum atomic E-state index is -0.717. The number of hydrogen-bond acceptors (Lipinski definition) is 6. The van der Waals surface area contributed by atoms with Gasteiger partial charge in [-0.05, 0) is 36.1 Å². The van der Waals surface area contributed by atoms with Gasteiger partial charge in [-0.15, -0.1) is 11.8 Å². The minimum Gasteiger partial charge on any atom is -0.481 e. The van der Waals surface area contributed by atoms with Crippen LogP contribution in [0.2, 0.25) is 0 Å². The predicted molar refractivity (Wildman–Crippen MR) is 106 cm³/mol. The number of amides is 2. The Morgan fingerprint density at radius 3 is 2.36 bits per heavy atom. The molecule has 2 aromatic rings. The lowest BCUT2D eigenvalue weighted by molar-refractivity contribution is -0.153. The molecule has 0 spiro atoms. The van der Waals surface area contributed by atoms with E-state index in [0.717, 1.165) is 10.5 Å². The van der Waals surface area contributed by atoms with E-state index >= 15 is 0 Å². The van der Waals surface area contributed by atoms with Crippen LogP contribution >= 0.6 is 11.8 Å². The summed E-state index contributed by atoms with van der Waals surface area (Å²) in [5, 5.41) is 0. The maximum Gasteiger partial charge on any atom is 0.344 e. The van der Waals surface area contributed by atoms with Crippen LogP contribution in [0.1, 0.15) is 15.9 Å². The van der Waals surface area contributed by atoms with Gasteiger partial charge in [0.1, 0.15) is 5.75 Å². The maximum absolute atomic E-state index is 12.1. The molecule has 0 radical (unpaired) electrons. The Hall–Kier alpha value is -3.00. The Balaban J connectivity index is 1.78. The van der Waals surface area contributed by atoms with Gasteiger partial charge in [0.2, 0.25) is 0 Å². The van der Waals surface area contributed by atoms with E-state index in [1.165, 1.54) is 17.0 Å². The van der Waals surface area contributed by atoms with Gasteiger partial charge in [0.05, 0.1) is 5.56 Å². The Kier molecular flexibility index (Phi) is 7.88. The zero-order chi connectivity index (χ0) is 20.5. The Labute approximate surface area is 167 Å². The lowest BCUT2D eigenvalue weighted by Gasteiger charge is -2.17. The number of benzene rings is 2. The van der Waals surface area contributed by atoms with Gasteiger partial charge in [0.25, 0.3) is 11.8 Å². The van der Waals surface area contributed by atoms with E-state index in [2.05, 4.69) is 0 Å². The molecule has 0 bridgehead atoms. The lowest BCUT2D eigenvalue weighted by atomic mass is 10.2. The lowest BCUT2D eigenvalue weighted by Crippen LogP contribution is -2.31. The molecule has 0 aliphatic heterocycles. The first-order valence-corrected chi connectivity index (χ1v) is 9.67. The molecule has 0 aromatic heterocycles. The molecule has 0 atom stereocenters. The molecule has 8 heteroatoms. The second-order valence-corrected chi connectivity index (χ2v) is 6.79. The van der Waals surface area contributed by atoms with Gasteiger partial charge in [-0.25, -0.2) is 4.79 Å². The van der Waals surface area contributed by atoms with Crippen molar-refractivity contribution >= 4 is 29.5 Å². The van der Waals surface area contributed by atoms with Crippen LogP contribution in [0.3, 0.4) is 0 Å². The normalized spacial score (nSPS) is 10.2. The number of ether oxygens (including phenoxy) is 2. The first kappa shape index (κ1) is 21.3. The van der Waals surface area contributed by atoms with Gasteiger partial charge in [-0.2, -0.15) is 0 Å². The number of likely N-dealkylation sites (N-methyl/N-ethyl adjacent to an activating group) is 1. The number of para-hydroxylation sites is 1. The van der Waals surface area contributed by atoms with Gasteiger partial charge in [-0.3, -0.25) is 9.59 Å². The molecule has 0 unspecified atom stereocenters. The molecule has 2 N–H and O–H groups in total. The fourth-order valence-electron chi connectivity index (χ4n) is 2.32. The number of hydrogen-bond donors (Lipinski definition) is 1. The fraction of sp³-hybridized carbons (Fsp3) is 0.250. The number of carbonyl (C=O) groups excluding carboxylic acids is 3. The topological polar surface area (TPSA) is 98.9 Å². The molecule has 2 amide bonds. The standard InChI is InChI=1S/C20H22N2O5S/c1-22(11-14-7-9-15(28-2)10-8-14)18(23)12-27-19(24)13-26-17-6-4-3-5-16(17)20(21)25/h3-10H,11-13H2,1-2H3,(H2,21,25). The predicted octanol–water partition coefficient (Wildman–Crippen LogP) is 2.09. The molecule has 0 heterocycles. The summed E-state index contributed by atoms with van der Waals surface area (Å²) in [6, 6.07) is 14.2. The van der Waals surface area contributed by atoms with Crippen molar-refractivity contribution in [2.24, 2.45) is 5.73 Å². The van der Waals surface area contributed by atoms with E-state index in [9.17, 15) is 14.4 Å². The highest BCUT2D eigenvalue weighted by Gasteiger charge is 2.14. The van der Waals surface area contributed by atoms with Gasteiger partial charge >= 0.3 is 5.97 Å². The van der Waals surface area contributed by atoms with Crippen LogP contribution < -0.4 is 10.5 Å². The maximum atomic E-state index is 12.1. The highest BCUT2D eigenvalue weighted by molar-refractivity contribution is 7.98. The number of esters is 1. The molecular formula is C20H22N2O5S. The second kappa shape index (κ2) is 10.4. The summed E-state index contributed by atoms with van der Waals surface area (Å²) in [7, 11) is 1.64.